The third kappa shape index (κ3) is 3.14. The Hall–Kier alpha value is -1.85. The van der Waals surface area contributed by atoms with Crippen LogP contribution < -0.4 is 0 Å². The number of hydrogen-bond donors (Lipinski definition) is 1. The molecule has 5 heteroatoms. The maximum absolute atomic E-state index is 12.8. The van der Waals surface area contributed by atoms with Crippen LogP contribution in [0.1, 0.15) is 36.8 Å². The van der Waals surface area contributed by atoms with Gasteiger partial charge in [0.05, 0.1) is 24.8 Å². The molecule has 1 N–H and O–H groups in total. The lowest BCUT2D eigenvalue weighted by molar-refractivity contribution is -0.133. The summed E-state index contributed by atoms with van der Waals surface area (Å²) >= 11 is 0. The number of hydrogen-bond acceptors (Lipinski definition) is 4. The van der Waals surface area contributed by atoms with Gasteiger partial charge in [0.1, 0.15) is 5.58 Å². The molecule has 1 aromatic carbocycles. The van der Waals surface area contributed by atoms with E-state index in [1.54, 1.807) is 11.2 Å². The predicted octanol–water partition coefficient (Wildman–Crippen LogP) is 2.73. The first-order valence-corrected chi connectivity index (χ1v) is 9.69. The summed E-state index contributed by atoms with van der Waals surface area (Å²) in [4.78, 5) is 17.0. The fourth-order valence-corrected chi connectivity index (χ4v) is 4.63. The van der Waals surface area contributed by atoms with Gasteiger partial charge in [0.15, 0.2) is 0 Å². The average Bonchev–Trinajstić information content (AvgIpc) is 3.34. The van der Waals surface area contributed by atoms with E-state index in [1.165, 1.54) is 12.8 Å². The molecule has 26 heavy (non-hydrogen) atoms. The number of aliphatic hydroxyl groups excluding tert-OH is 1. The molecule has 1 saturated heterocycles. The van der Waals surface area contributed by atoms with Crippen molar-refractivity contribution in [1.82, 2.24) is 9.80 Å². The van der Waals surface area contributed by atoms with Gasteiger partial charge >= 0.3 is 0 Å². The Labute approximate surface area is 154 Å². The van der Waals surface area contributed by atoms with Crippen molar-refractivity contribution in [3.05, 3.63) is 35.6 Å². The van der Waals surface area contributed by atoms with E-state index in [0.717, 1.165) is 48.0 Å². The van der Waals surface area contributed by atoms with E-state index in [4.69, 9.17) is 4.42 Å². The third-order valence-corrected chi connectivity index (χ3v) is 6.20. The van der Waals surface area contributed by atoms with Crippen LogP contribution in [0.25, 0.3) is 11.0 Å². The summed E-state index contributed by atoms with van der Waals surface area (Å²) in [5.74, 6) is 0.0411. The normalized spacial score (nSPS) is 26.7. The first-order chi connectivity index (χ1) is 12.5. The van der Waals surface area contributed by atoms with Crippen LogP contribution in [0, 0.1) is 6.92 Å². The molecule has 0 spiro atoms. The molecule has 0 unspecified atom stereocenters. The van der Waals surface area contributed by atoms with Crippen molar-refractivity contribution in [3.8, 4) is 0 Å². The molecule has 4 rings (SSSR count). The number of aryl methyl sites for hydroxylation is 1. The fraction of sp³-hybridized carbons (Fsp3) is 0.571. The van der Waals surface area contributed by atoms with Crippen LogP contribution in [0.4, 0.5) is 0 Å². The van der Waals surface area contributed by atoms with E-state index in [1.807, 2.05) is 32.2 Å². The van der Waals surface area contributed by atoms with Crippen molar-refractivity contribution in [3.63, 3.8) is 0 Å². The maximum Gasteiger partial charge on any atom is 0.227 e. The Morgan fingerprint density at radius 2 is 2.08 bits per heavy atom. The van der Waals surface area contributed by atoms with Crippen LogP contribution in [0.15, 0.2) is 28.9 Å². The molecular weight excluding hydrogens is 328 g/mol. The molecular formula is C21H28N2O3. The van der Waals surface area contributed by atoms with Crippen LogP contribution >= 0.6 is 0 Å². The van der Waals surface area contributed by atoms with Crippen LogP contribution in [0.3, 0.4) is 0 Å². The Kier molecular flexibility index (Phi) is 4.76. The van der Waals surface area contributed by atoms with Gasteiger partial charge < -0.3 is 14.4 Å². The minimum atomic E-state index is -0.453. The zero-order chi connectivity index (χ0) is 18.3. The fourth-order valence-electron chi connectivity index (χ4n) is 4.63. The minimum absolute atomic E-state index is 0.0411. The molecule has 5 nitrogen and oxygen atoms in total. The van der Waals surface area contributed by atoms with Gasteiger partial charge in [0.25, 0.3) is 0 Å². The van der Waals surface area contributed by atoms with Gasteiger partial charge in [-0.05, 0) is 57.3 Å². The van der Waals surface area contributed by atoms with Crippen LogP contribution in [-0.2, 0) is 11.2 Å². The van der Waals surface area contributed by atoms with E-state index in [-0.39, 0.29) is 18.0 Å². The Balaban J connectivity index is 1.44. The van der Waals surface area contributed by atoms with Crippen molar-refractivity contribution in [2.45, 2.75) is 57.2 Å². The number of furan rings is 1. The van der Waals surface area contributed by atoms with Gasteiger partial charge in [-0.2, -0.15) is 0 Å². The largest absolute Gasteiger partial charge is 0.464 e. The number of benzene rings is 1. The summed E-state index contributed by atoms with van der Waals surface area (Å²) in [5, 5.41) is 11.8. The number of aliphatic hydroxyl groups is 1. The lowest BCUT2D eigenvalue weighted by Crippen LogP contribution is -2.48. The maximum atomic E-state index is 12.8. The summed E-state index contributed by atoms with van der Waals surface area (Å²) in [6, 6.07) is 6.17. The van der Waals surface area contributed by atoms with E-state index in [9.17, 15) is 9.90 Å². The number of carbonyl (C=O) groups is 1. The predicted molar refractivity (Wildman–Crippen MR) is 101 cm³/mol. The lowest BCUT2D eigenvalue weighted by atomic mass is 10.1. The highest BCUT2D eigenvalue weighted by Gasteiger charge is 2.41. The molecule has 2 heterocycles. The Morgan fingerprint density at radius 1 is 1.31 bits per heavy atom. The summed E-state index contributed by atoms with van der Waals surface area (Å²) in [6.07, 6.45) is 5.82. The van der Waals surface area contributed by atoms with Crippen molar-refractivity contribution in [2.75, 3.05) is 20.1 Å². The first-order valence-electron chi connectivity index (χ1n) is 9.69. The SMILES string of the molecule is Cc1ccc2c(CC(=O)N(C)[C@@H]3CC[C@@H](N4CCCC4)[C@@H]3O)coc2c1. The van der Waals surface area contributed by atoms with Gasteiger partial charge in [-0.1, -0.05) is 12.1 Å². The minimum Gasteiger partial charge on any atom is -0.464 e. The van der Waals surface area contributed by atoms with Gasteiger partial charge in [0, 0.05) is 24.0 Å². The summed E-state index contributed by atoms with van der Waals surface area (Å²) in [7, 11) is 1.83. The highest BCUT2D eigenvalue weighted by molar-refractivity contribution is 5.88. The van der Waals surface area contributed by atoms with E-state index in [2.05, 4.69) is 4.90 Å². The average molecular weight is 356 g/mol. The second-order valence-electron chi connectivity index (χ2n) is 7.89. The molecule has 2 fully saturated rings. The highest BCUT2D eigenvalue weighted by atomic mass is 16.3. The zero-order valence-electron chi connectivity index (χ0n) is 15.6. The van der Waals surface area contributed by atoms with Crippen LogP contribution in [-0.4, -0.2) is 59.1 Å². The smallest absolute Gasteiger partial charge is 0.227 e. The molecule has 1 amide bonds. The quantitative estimate of drug-likeness (QED) is 0.915. The third-order valence-electron chi connectivity index (χ3n) is 6.20. The van der Waals surface area contributed by atoms with Gasteiger partial charge in [-0.15, -0.1) is 0 Å². The topological polar surface area (TPSA) is 56.9 Å². The molecule has 3 atom stereocenters. The van der Waals surface area contributed by atoms with Crippen molar-refractivity contribution < 1.29 is 14.3 Å². The Morgan fingerprint density at radius 3 is 2.85 bits per heavy atom. The molecule has 1 saturated carbocycles. The first kappa shape index (κ1) is 17.6. The van der Waals surface area contributed by atoms with E-state index in [0.29, 0.717) is 6.42 Å². The summed E-state index contributed by atoms with van der Waals surface area (Å²) in [5.41, 5.74) is 2.88. The van der Waals surface area contributed by atoms with Gasteiger partial charge in [0.2, 0.25) is 5.91 Å². The second-order valence-corrected chi connectivity index (χ2v) is 7.89. The number of likely N-dealkylation sites (tertiary alicyclic amines) is 1. The molecule has 0 bridgehead atoms. The summed E-state index contributed by atoms with van der Waals surface area (Å²) < 4.78 is 5.61. The van der Waals surface area contributed by atoms with Gasteiger partial charge in [-0.3, -0.25) is 9.69 Å². The monoisotopic (exact) mass is 356 g/mol. The highest BCUT2D eigenvalue weighted by Crippen LogP contribution is 2.31. The van der Waals surface area contributed by atoms with Crippen molar-refractivity contribution in [2.24, 2.45) is 0 Å². The lowest BCUT2D eigenvalue weighted by Gasteiger charge is -2.32. The molecule has 0 radical (unpaired) electrons. The van der Waals surface area contributed by atoms with Gasteiger partial charge in [-0.25, -0.2) is 0 Å². The molecule has 1 aromatic heterocycles. The molecule has 140 valence electrons. The van der Waals surface area contributed by atoms with E-state index >= 15 is 0 Å². The zero-order valence-corrected chi connectivity index (χ0v) is 15.6. The Bertz CT molecular complexity index is 794. The summed E-state index contributed by atoms with van der Waals surface area (Å²) in [6.45, 7) is 4.18. The number of amides is 1. The molecule has 1 aliphatic heterocycles. The van der Waals surface area contributed by atoms with Crippen LogP contribution in [0.5, 0.6) is 0 Å². The number of likely N-dealkylation sites (N-methyl/N-ethyl adjacent to an activating group) is 1. The number of fused-ring (bicyclic) bond motifs is 1. The second kappa shape index (κ2) is 7.05. The number of nitrogens with zero attached hydrogens (tertiary/aromatic N) is 2. The number of rotatable bonds is 4. The van der Waals surface area contributed by atoms with Crippen LogP contribution in [0.2, 0.25) is 0 Å². The van der Waals surface area contributed by atoms with Crippen molar-refractivity contribution >= 4 is 16.9 Å². The number of carbonyl (C=O) groups excluding carboxylic acids is 1. The standard InChI is InChI=1S/C21H28N2O3/c1-14-5-6-16-15(13-26-19(16)11-14)12-20(24)22(2)17-7-8-18(21(17)25)23-9-3-4-10-23/h5-6,11,13,17-18,21,25H,3-4,7-10,12H2,1-2H3/t17-,18-,21-/m1/s1. The van der Waals surface area contributed by atoms with E-state index < -0.39 is 6.10 Å². The molecule has 1 aliphatic carbocycles. The van der Waals surface area contributed by atoms with Crippen molar-refractivity contribution in [1.29, 1.82) is 0 Å². The molecule has 2 aromatic rings. The molecule has 2 aliphatic rings.